The van der Waals surface area contributed by atoms with Gasteiger partial charge >= 0.3 is 0 Å². The summed E-state index contributed by atoms with van der Waals surface area (Å²) >= 11 is 2.89. The van der Waals surface area contributed by atoms with Gasteiger partial charge in [0.25, 0.3) is 0 Å². The molecule has 3 rings (SSSR count). The van der Waals surface area contributed by atoms with Crippen LogP contribution < -0.4 is 10.1 Å². The van der Waals surface area contributed by atoms with E-state index in [9.17, 15) is 4.79 Å². The third-order valence-corrected chi connectivity index (χ3v) is 5.90. The van der Waals surface area contributed by atoms with E-state index in [0.29, 0.717) is 17.2 Å². The number of nitrogens with zero attached hydrogens (tertiary/aromatic N) is 5. The van der Waals surface area contributed by atoms with Crippen LogP contribution in [0, 0.1) is 13.8 Å². The normalized spacial score (nSPS) is 10.8. The Bertz CT molecular complexity index is 1000. The van der Waals surface area contributed by atoms with Gasteiger partial charge in [0, 0.05) is 29.7 Å². The predicted octanol–water partition coefficient (Wildman–Crippen LogP) is 3.74. The Hall–Kier alpha value is -2.59. The summed E-state index contributed by atoms with van der Waals surface area (Å²) in [5.74, 6) is 2.27. The summed E-state index contributed by atoms with van der Waals surface area (Å²) in [4.78, 5) is 21.2. The summed E-state index contributed by atoms with van der Waals surface area (Å²) in [5.41, 5.74) is 2.59. The first-order valence-electron chi connectivity index (χ1n) is 9.42. The molecule has 0 saturated carbocycles. The second-order valence-electron chi connectivity index (χ2n) is 6.43. The third-order valence-electron chi connectivity index (χ3n) is 4.09. The van der Waals surface area contributed by atoms with Crippen LogP contribution in [0.3, 0.4) is 0 Å². The third kappa shape index (κ3) is 5.96. The van der Waals surface area contributed by atoms with E-state index in [1.807, 2.05) is 49.6 Å². The van der Waals surface area contributed by atoms with Crippen molar-refractivity contribution in [3.8, 4) is 5.75 Å². The monoisotopic (exact) mass is 444 g/mol. The van der Waals surface area contributed by atoms with Crippen molar-refractivity contribution in [2.24, 2.45) is 0 Å². The van der Waals surface area contributed by atoms with E-state index in [2.05, 4.69) is 25.5 Å². The van der Waals surface area contributed by atoms with Gasteiger partial charge < -0.3 is 14.6 Å². The first-order valence-corrected chi connectivity index (χ1v) is 11.4. The standard InChI is InChI=1S/C20H24N6O2S2/c1-5-26-17(11-29-19-21-13(2)9-14(3)22-19)24-25-20(26)30-12-18(27)23-15-7-6-8-16(10-15)28-4/h6-10H,5,11-12H2,1-4H3,(H,23,27). The molecule has 2 heterocycles. The topological polar surface area (TPSA) is 94.8 Å². The Morgan fingerprint density at radius 3 is 2.60 bits per heavy atom. The largest absolute Gasteiger partial charge is 0.497 e. The Balaban J connectivity index is 1.58. The van der Waals surface area contributed by atoms with Gasteiger partial charge in [-0.05, 0) is 39.0 Å². The number of aromatic nitrogens is 5. The minimum absolute atomic E-state index is 0.113. The van der Waals surface area contributed by atoms with E-state index in [1.165, 1.54) is 23.5 Å². The maximum Gasteiger partial charge on any atom is 0.234 e. The number of benzene rings is 1. The number of ether oxygens (including phenoxy) is 1. The molecule has 1 aromatic carbocycles. The first-order chi connectivity index (χ1) is 14.5. The number of carbonyl (C=O) groups excluding carboxylic acids is 1. The number of thioether (sulfide) groups is 2. The van der Waals surface area contributed by atoms with E-state index in [-0.39, 0.29) is 11.7 Å². The van der Waals surface area contributed by atoms with Crippen LogP contribution in [0.2, 0.25) is 0 Å². The summed E-state index contributed by atoms with van der Waals surface area (Å²) in [6.07, 6.45) is 0. The lowest BCUT2D eigenvalue weighted by atomic mass is 10.3. The second kappa shape index (κ2) is 10.4. The van der Waals surface area contributed by atoms with Crippen LogP contribution in [0.15, 0.2) is 40.6 Å². The minimum atomic E-state index is -0.113. The van der Waals surface area contributed by atoms with Crippen molar-refractivity contribution in [2.45, 2.75) is 43.4 Å². The van der Waals surface area contributed by atoms with E-state index in [4.69, 9.17) is 4.74 Å². The van der Waals surface area contributed by atoms with Gasteiger partial charge in [0.15, 0.2) is 10.3 Å². The number of nitrogens with one attached hydrogen (secondary N) is 1. The maximum absolute atomic E-state index is 12.3. The second-order valence-corrected chi connectivity index (χ2v) is 8.32. The van der Waals surface area contributed by atoms with Crippen LogP contribution in [-0.2, 0) is 17.1 Å². The molecule has 0 fully saturated rings. The van der Waals surface area contributed by atoms with Gasteiger partial charge in [0.2, 0.25) is 5.91 Å². The average Bonchev–Trinajstić information content (AvgIpc) is 3.12. The fourth-order valence-corrected chi connectivity index (χ4v) is 4.48. The number of anilines is 1. The van der Waals surface area contributed by atoms with E-state index in [0.717, 1.165) is 34.1 Å². The Labute approximate surface area is 184 Å². The number of rotatable bonds is 9. The summed E-state index contributed by atoms with van der Waals surface area (Å²) in [7, 11) is 1.59. The molecule has 0 radical (unpaired) electrons. The van der Waals surface area contributed by atoms with E-state index in [1.54, 1.807) is 13.2 Å². The van der Waals surface area contributed by atoms with Crippen molar-refractivity contribution in [3.05, 3.63) is 47.5 Å². The molecule has 1 N–H and O–H groups in total. The molecule has 0 unspecified atom stereocenters. The summed E-state index contributed by atoms with van der Waals surface area (Å²) in [6, 6.07) is 9.21. The molecule has 30 heavy (non-hydrogen) atoms. The highest BCUT2D eigenvalue weighted by Crippen LogP contribution is 2.23. The van der Waals surface area contributed by atoms with E-state index >= 15 is 0 Å². The number of methoxy groups -OCH3 is 1. The molecule has 0 spiro atoms. The molecule has 158 valence electrons. The van der Waals surface area contributed by atoms with Crippen molar-refractivity contribution < 1.29 is 9.53 Å². The SMILES string of the molecule is CCn1c(CSc2nc(C)cc(C)n2)nnc1SCC(=O)Nc1cccc(OC)c1. The van der Waals surface area contributed by atoms with E-state index < -0.39 is 0 Å². The number of amides is 1. The lowest BCUT2D eigenvalue weighted by molar-refractivity contribution is -0.113. The molecule has 0 aliphatic rings. The number of hydrogen-bond donors (Lipinski definition) is 1. The molecular weight excluding hydrogens is 420 g/mol. The van der Waals surface area contributed by atoms with Gasteiger partial charge in [-0.1, -0.05) is 29.6 Å². The predicted molar refractivity (Wildman–Crippen MR) is 119 cm³/mol. The molecule has 0 bridgehead atoms. The zero-order valence-electron chi connectivity index (χ0n) is 17.4. The van der Waals surface area contributed by atoms with Crippen LogP contribution in [0.4, 0.5) is 5.69 Å². The van der Waals surface area contributed by atoms with Crippen LogP contribution in [-0.4, -0.2) is 43.5 Å². The summed E-state index contributed by atoms with van der Waals surface area (Å²) in [6.45, 7) is 6.67. The lowest BCUT2D eigenvalue weighted by Gasteiger charge is -2.08. The lowest BCUT2D eigenvalue weighted by Crippen LogP contribution is -2.14. The van der Waals surface area contributed by atoms with Gasteiger partial charge in [-0.15, -0.1) is 10.2 Å². The van der Waals surface area contributed by atoms with Gasteiger partial charge in [-0.25, -0.2) is 9.97 Å². The number of aryl methyl sites for hydroxylation is 2. The first kappa shape index (κ1) is 22.1. The molecule has 0 aliphatic heterocycles. The number of hydrogen-bond acceptors (Lipinski definition) is 8. The quantitative estimate of drug-likeness (QED) is 0.394. The Morgan fingerprint density at radius 1 is 1.13 bits per heavy atom. The Kier molecular flexibility index (Phi) is 7.69. The van der Waals surface area contributed by atoms with Crippen molar-refractivity contribution in [2.75, 3.05) is 18.2 Å². The van der Waals surface area contributed by atoms with Crippen molar-refractivity contribution in [3.63, 3.8) is 0 Å². The fraction of sp³-hybridized carbons (Fsp3) is 0.350. The zero-order chi connectivity index (χ0) is 21.5. The molecule has 0 atom stereocenters. The summed E-state index contributed by atoms with van der Waals surface area (Å²) < 4.78 is 7.19. The minimum Gasteiger partial charge on any atom is -0.497 e. The van der Waals surface area contributed by atoms with Crippen LogP contribution in [0.5, 0.6) is 5.75 Å². The molecular formula is C20H24N6O2S2. The fourth-order valence-electron chi connectivity index (χ4n) is 2.77. The van der Waals surface area contributed by atoms with Crippen LogP contribution in [0.25, 0.3) is 0 Å². The molecule has 2 aromatic heterocycles. The maximum atomic E-state index is 12.3. The Morgan fingerprint density at radius 2 is 1.90 bits per heavy atom. The molecule has 0 aliphatic carbocycles. The van der Waals surface area contributed by atoms with Crippen molar-refractivity contribution >= 4 is 35.1 Å². The molecule has 8 nitrogen and oxygen atoms in total. The molecule has 10 heteroatoms. The highest BCUT2D eigenvalue weighted by atomic mass is 32.2. The number of carbonyl (C=O) groups is 1. The van der Waals surface area contributed by atoms with Crippen molar-refractivity contribution in [1.29, 1.82) is 0 Å². The average molecular weight is 445 g/mol. The molecule has 1 amide bonds. The van der Waals surface area contributed by atoms with Crippen LogP contribution in [0.1, 0.15) is 24.1 Å². The summed E-state index contributed by atoms with van der Waals surface area (Å²) in [5, 5.41) is 12.9. The highest BCUT2D eigenvalue weighted by Gasteiger charge is 2.14. The van der Waals surface area contributed by atoms with Gasteiger partial charge in [0.1, 0.15) is 11.6 Å². The molecule has 0 saturated heterocycles. The van der Waals surface area contributed by atoms with Gasteiger partial charge in [-0.3, -0.25) is 4.79 Å². The van der Waals surface area contributed by atoms with Crippen LogP contribution >= 0.6 is 23.5 Å². The molecule has 3 aromatic rings. The highest BCUT2D eigenvalue weighted by molar-refractivity contribution is 7.99. The zero-order valence-corrected chi connectivity index (χ0v) is 19.0. The van der Waals surface area contributed by atoms with Gasteiger partial charge in [0.05, 0.1) is 18.6 Å². The van der Waals surface area contributed by atoms with Crippen molar-refractivity contribution in [1.82, 2.24) is 24.7 Å². The van der Waals surface area contributed by atoms with Gasteiger partial charge in [-0.2, -0.15) is 0 Å². The smallest absolute Gasteiger partial charge is 0.234 e.